The molecule has 0 unspecified atom stereocenters. The lowest BCUT2D eigenvalue weighted by Gasteiger charge is -2.36. The molecule has 114 valence electrons. The van der Waals surface area contributed by atoms with Crippen LogP contribution in [0.4, 0.5) is 8.78 Å². The SMILES string of the molecule is O=C(/C=C/c1ccc(OC(F)F)cc1)NCC1(O)CCC1. The lowest BCUT2D eigenvalue weighted by molar-refractivity contribution is -0.118. The molecule has 1 fully saturated rings. The summed E-state index contributed by atoms with van der Waals surface area (Å²) in [6.07, 6.45) is 5.30. The van der Waals surface area contributed by atoms with Gasteiger partial charge in [-0.2, -0.15) is 8.78 Å². The minimum atomic E-state index is -2.85. The number of carbonyl (C=O) groups is 1. The molecular weight excluding hydrogens is 280 g/mol. The molecule has 2 rings (SSSR count). The van der Waals surface area contributed by atoms with Crippen molar-refractivity contribution in [3.63, 3.8) is 0 Å². The van der Waals surface area contributed by atoms with Crippen molar-refractivity contribution in [3.8, 4) is 5.75 Å². The second-order valence-corrected chi connectivity index (χ2v) is 5.08. The third-order valence-corrected chi connectivity index (χ3v) is 3.41. The summed E-state index contributed by atoms with van der Waals surface area (Å²) in [6, 6.07) is 5.95. The number of halogens is 2. The predicted molar refractivity (Wildman–Crippen MR) is 73.9 cm³/mol. The number of aliphatic hydroxyl groups is 1. The number of benzene rings is 1. The molecule has 0 atom stereocenters. The van der Waals surface area contributed by atoms with E-state index in [1.165, 1.54) is 18.2 Å². The van der Waals surface area contributed by atoms with Gasteiger partial charge in [-0.3, -0.25) is 4.79 Å². The summed E-state index contributed by atoms with van der Waals surface area (Å²) in [5.41, 5.74) is -0.0632. The van der Waals surface area contributed by atoms with E-state index in [0.29, 0.717) is 18.4 Å². The van der Waals surface area contributed by atoms with Crippen LogP contribution in [0, 0.1) is 0 Å². The van der Waals surface area contributed by atoms with Crippen LogP contribution < -0.4 is 10.1 Å². The Hall–Kier alpha value is -1.95. The maximum Gasteiger partial charge on any atom is 0.387 e. The first kappa shape index (κ1) is 15.4. The molecule has 0 spiro atoms. The highest BCUT2D eigenvalue weighted by Crippen LogP contribution is 2.30. The van der Waals surface area contributed by atoms with E-state index in [0.717, 1.165) is 6.42 Å². The average molecular weight is 297 g/mol. The minimum Gasteiger partial charge on any atom is -0.435 e. The van der Waals surface area contributed by atoms with Crippen molar-refractivity contribution in [1.29, 1.82) is 0 Å². The molecular formula is C15H17F2NO3. The first-order valence-electron chi connectivity index (χ1n) is 6.70. The number of rotatable bonds is 6. The van der Waals surface area contributed by atoms with E-state index in [9.17, 15) is 18.7 Å². The second kappa shape index (κ2) is 6.67. The van der Waals surface area contributed by atoms with Gasteiger partial charge in [0.05, 0.1) is 5.60 Å². The van der Waals surface area contributed by atoms with Gasteiger partial charge in [-0.15, -0.1) is 0 Å². The molecule has 1 aromatic carbocycles. The van der Waals surface area contributed by atoms with Crippen molar-refractivity contribution in [1.82, 2.24) is 5.32 Å². The third-order valence-electron chi connectivity index (χ3n) is 3.41. The van der Waals surface area contributed by atoms with E-state index >= 15 is 0 Å². The van der Waals surface area contributed by atoms with Gasteiger partial charge >= 0.3 is 6.61 Å². The second-order valence-electron chi connectivity index (χ2n) is 5.08. The molecule has 0 aromatic heterocycles. The molecule has 0 radical (unpaired) electrons. The highest BCUT2D eigenvalue weighted by atomic mass is 19.3. The first-order valence-corrected chi connectivity index (χ1v) is 6.70. The third kappa shape index (κ3) is 4.82. The Morgan fingerprint density at radius 3 is 2.57 bits per heavy atom. The van der Waals surface area contributed by atoms with Crippen molar-refractivity contribution >= 4 is 12.0 Å². The molecule has 2 N–H and O–H groups in total. The van der Waals surface area contributed by atoms with Crippen LogP contribution >= 0.6 is 0 Å². The topological polar surface area (TPSA) is 58.6 Å². The molecule has 1 amide bonds. The molecule has 6 heteroatoms. The Balaban J connectivity index is 1.81. The standard InChI is InChI=1S/C15H17F2NO3/c16-14(17)21-12-5-2-11(3-6-12)4-7-13(19)18-10-15(20)8-1-9-15/h2-7,14,20H,1,8-10H2,(H,18,19)/b7-4+. The molecule has 0 heterocycles. The molecule has 21 heavy (non-hydrogen) atoms. The number of hydrogen-bond donors (Lipinski definition) is 2. The molecule has 4 nitrogen and oxygen atoms in total. The van der Waals surface area contributed by atoms with Crippen LogP contribution in [0.3, 0.4) is 0 Å². The Kier molecular flexibility index (Phi) is 4.90. The van der Waals surface area contributed by atoms with Crippen LogP contribution in [0.1, 0.15) is 24.8 Å². The fourth-order valence-electron chi connectivity index (χ4n) is 2.00. The van der Waals surface area contributed by atoms with Gasteiger partial charge in [0.2, 0.25) is 5.91 Å². The summed E-state index contributed by atoms with van der Waals surface area (Å²) in [5.74, 6) is -0.234. The normalized spacial score (nSPS) is 16.8. The van der Waals surface area contributed by atoms with Gasteiger partial charge in [0.1, 0.15) is 5.75 Å². The van der Waals surface area contributed by atoms with Crippen LogP contribution in [-0.2, 0) is 4.79 Å². The number of carbonyl (C=O) groups excluding carboxylic acids is 1. The monoisotopic (exact) mass is 297 g/mol. The van der Waals surface area contributed by atoms with Crippen LogP contribution in [0.5, 0.6) is 5.75 Å². The van der Waals surface area contributed by atoms with E-state index in [2.05, 4.69) is 10.1 Å². The van der Waals surface area contributed by atoms with Crippen molar-refractivity contribution in [2.24, 2.45) is 0 Å². The van der Waals surface area contributed by atoms with E-state index in [4.69, 9.17) is 0 Å². The quantitative estimate of drug-likeness (QED) is 0.792. The largest absolute Gasteiger partial charge is 0.435 e. The van der Waals surface area contributed by atoms with E-state index < -0.39 is 12.2 Å². The Morgan fingerprint density at radius 2 is 2.05 bits per heavy atom. The van der Waals surface area contributed by atoms with Gasteiger partial charge in [0.25, 0.3) is 0 Å². The smallest absolute Gasteiger partial charge is 0.387 e. The zero-order chi connectivity index (χ0) is 15.3. The molecule has 1 saturated carbocycles. The maximum atomic E-state index is 12.0. The summed E-state index contributed by atoms with van der Waals surface area (Å²) < 4.78 is 28.2. The fourth-order valence-corrected chi connectivity index (χ4v) is 2.00. The number of alkyl halides is 2. The molecule has 0 aliphatic heterocycles. The van der Waals surface area contributed by atoms with Crippen molar-refractivity contribution in [3.05, 3.63) is 35.9 Å². The first-order chi connectivity index (χ1) is 9.97. The summed E-state index contributed by atoms with van der Waals surface area (Å²) in [5, 5.41) is 12.5. The van der Waals surface area contributed by atoms with Gasteiger partial charge in [0.15, 0.2) is 0 Å². The van der Waals surface area contributed by atoms with Crippen LogP contribution in [0.15, 0.2) is 30.3 Å². The summed E-state index contributed by atoms with van der Waals surface area (Å²) in [4.78, 5) is 11.6. The van der Waals surface area contributed by atoms with E-state index in [1.54, 1.807) is 18.2 Å². The Morgan fingerprint density at radius 1 is 1.38 bits per heavy atom. The molecule has 0 saturated heterocycles. The molecule has 1 aliphatic rings. The van der Waals surface area contributed by atoms with Crippen molar-refractivity contribution in [2.45, 2.75) is 31.5 Å². The van der Waals surface area contributed by atoms with Crippen LogP contribution in [0.2, 0.25) is 0 Å². The maximum absolute atomic E-state index is 12.0. The van der Waals surface area contributed by atoms with Gasteiger partial charge in [-0.05, 0) is 43.0 Å². The molecule has 0 bridgehead atoms. The van der Waals surface area contributed by atoms with Crippen LogP contribution in [0.25, 0.3) is 6.08 Å². The number of nitrogens with one attached hydrogen (secondary N) is 1. The van der Waals surface area contributed by atoms with Gasteiger partial charge in [0, 0.05) is 12.6 Å². The highest BCUT2D eigenvalue weighted by Gasteiger charge is 2.34. The fraction of sp³-hybridized carbons (Fsp3) is 0.400. The average Bonchev–Trinajstić information content (AvgIpc) is 2.41. The minimum absolute atomic E-state index is 0.0683. The van der Waals surface area contributed by atoms with Crippen LogP contribution in [-0.4, -0.2) is 29.8 Å². The summed E-state index contributed by atoms with van der Waals surface area (Å²) in [7, 11) is 0. The lowest BCUT2D eigenvalue weighted by atomic mass is 9.80. The number of amides is 1. The Bertz CT molecular complexity index is 510. The van der Waals surface area contributed by atoms with E-state index in [-0.39, 0.29) is 18.2 Å². The van der Waals surface area contributed by atoms with Gasteiger partial charge < -0.3 is 15.2 Å². The molecule has 1 aliphatic carbocycles. The number of ether oxygens (including phenoxy) is 1. The summed E-state index contributed by atoms with van der Waals surface area (Å²) >= 11 is 0. The molecule has 1 aromatic rings. The van der Waals surface area contributed by atoms with Crippen molar-refractivity contribution in [2.75, 3.05) is 6.54 Å². The number of hydrogen-bond acceptors (Lipinski definition) is 3. The van der Waals surface area contributed by atoms with Crippen molar-refractivity contribution < 1.29 is 23.4 Å². The predicted octanol–water partition coefficient (Wildman–Crippen LogP) is 2.33. The Labute approximate surface area is 121 Å². The van der Waals surface area contributed by atoms with Gasteiger partial charge in [-0.1, -0.05) is 12.1 Å². The summed E-state index contributed by atoms with van der Waals surface area (Å²) in [6.45, 7) is -2.60. The lowest BCUT2D eigenvalue weighted by Crippen LogP contribution is -2.47. The highest BCUT2D eigenvalue weighted by molar-refractivity contribution is 5.91. The van der Waals surface area contributed by atoms with E-state index in [1.807, 2.05) is 0 Å². The zero-order valence-corrected chi connectivity index (χ0v) is 11.4. The van der Waals surface area contributed by atoms with Gasteiger partial charge in [-0.25, -0.2) is 0 Å². The zero-order valence-electron chi connectivity index (χ0n) is 11.4.